The molecule has 1 aromatic carbocycles. The lowest BCUT2D eigenvalue weighted by atomic mass is 10.1. The number of carbonyl (C=O) groups excluding carboxylic acids is 1. The van der Waals surface area contributed by atoms with E-state index in [4.69, 9.17) is 0 Å². The largest absolute Gasteiger partial charge is 0.324 e. The molecule has 2 rings (SSSR count). The summed E-state index contributed by atoms with van der Waals surface area (Å²) in [7, 11) is 1.84. The van der Waals surface area contributed by atoms with E-state index in [1.54, 1.807) is 0 Å². The standard InChI is InChI=1S/C16H22N4O.ClH/c1-11(10-17-4)16(21)18-14-7-5-6-8-15(14)20-13(3)9-12(2)19-20;/h5-9,11,17H,10H2,1-4H3,(H,18,21);1H. The Labute approximate surface area is 137 Å². The lowest BCUT2D eigenvalue weighted by Gasteiger charge is -2.15. The Balaban J connectivity index is 0.00000242. The minimum atomic E-state index is -0.0940. The average molecular weight is 323 g/mol. The van der Waals surface area contributed by atoms with Crippen molar-refractivity contribution < 1.29 is 4.79 Å². The van der Waals surface area contributed by atoms with E-state index >= 15 is 0 Å². The number of para-hydroxylation sites is 2. The third kappa shape index (κ3) is 4.08. The van der Waals surface area contributed by atoms with E-state index in [9.17, 15) is 4.79 Å². The second kappa shape index (κ2) is 7.96. The van der Waals surface area contributed by atoms with Gasteiger partial charge in [-0.25, -0.2) is 4.68 Å². The average Bonchev–Trinajstić information content (AvgIpc) is 2.78. The maximum absolute atomic E-state index is 12.2. The van der Waals surface area contributed by atoms with E-state index in [1.165, 1.54) is 0 Å². The van der Waals surface area contributed by atoms with Crippen molar-refractivity contribution in [3.05, 3.63) is 41.7 Å². The van der Waals surface area contributed by atoms with E-state index in [0.29, 0.717) is 6.54 Å². The van der Waals surface area contributed by atoms with Gasteiger partial charge in [0.25, 0.3) is 0 Å². The number of carbonyl (C=O) groups is 1. The molecule has 22 heavy (non-hydrogen) atoms. The molecule has 1 atom stereocenters. The number of nitrogens with zero attached hydrogens (tertiary/aromatic N) is 2. The topological polar surface area (TPSA) is 59.0 Å². The third-order valence-electron chi connectivity index (χ3n) is 3.36. The summed E-state index contributed by atoms with van der Waals surface area (Å²) in [5.74, 6) is -0.0955. The second-order valence-electron chi connectivity index (χ2n) is 5.30. The van der Waals surface area contributed by atoms with Crippen molar-refractivity contribution in [2.45, 2.75) is 20.8 Å². The highest BCUT2D eigenvalue weighted by Crippen LogP contribution is 2.22. The molecule has 1 aromatic heterocycles. The molecule has 1 amide bonds. The first-order valence-corrected chi connectivity index (χ1v) is 7.11. The predicted molar refractivity (Wildman–Crippen MR) is 92.0 cm³/mol. The zero-order valence-corrected chi connectivity index (χ0v) is 14.2. The van der Waals surface area contributed by atoms with Gasteiger partial charge in [0.05, 0.1) is 17.1 Å². The summed E-state index contributed by atoms with van der Waals surface area (Å²) in [6.45, 7) is 6.51. The van der Waals surface area contributed by atoms with E-state index in [2.05, 4.69) is 15.7 Å². The maximum atomic E-state index is 12.2. The van der Waals surface area contributed by atoms with Crippen LogP contribution in [0.2, 0.25) is 0 Å². The molecule has 0 bridgehead atoms. The Hall–Kier alpha value is -1.85. The number of aryl methyl sites for hydroxylation is 2. The van der Waals surface area contributed by atoms with Crippen LogP contribution in [0.15, 0.2) is 30.3 Å². The van der Waals surface area contributed by atoms with Gasteiger partial charge < -0.3 is 10.6 Å². The van der Waals surface area contributed by atoms with Gasteiger partial charge in [-0.15, -0.1) is 12.4 Å². The molecule has 0 radical (unpaired) electrons. The number of rotatable bonds is 5. The molecule has 0 saturated heterocycles. The monoisotopic (exact) mass is 322 g/mol. The normalized spacial score (nSPS) is 11.6. The summed E-state index contributed by atoms with van der Waals surface area (Å²) in [5, 5.41) is 10.5. The zero-order valence-electron chi connectivity index (χ0n) is 13.4. The zero-order chi connectivity index (χ0) is 15.4. The van der Waals surface area contributed by atoms with Crippen LogP contribution >= 0.6 is 12.4 Å². The molecule has 0 aliphatic carbocycles. The Kier molecular flexibility index (Phi) is 6.59. The van der Waals surface area contributed by atoms with Crippen LogP contribution in [-0.2, 0) is 4.79 Å². The fourth-order valence-electron chi connectivity index (χ4n) is 2.29. The Morgan fingerprint density at radius 2 is 2.00 bits per heavy atom. The summed E-state index contributed by atoms with van der Waals surface area (Å²) in [5.41, 5.74) is 3.65. The SMILES string of the molecule is CNCC(C)C(=O)Nc1ccccc1-n1nc(C)cc1C.Cl. The fourth-order valence-corrected chi connectivity index (χ4v) is 2.29. The van der Waals surface area contributed by atoms with E-state index in [0.717, 1.165) is 22.8 Å². The maximum Gasteiger partial charge on any atom is 0.228 e. The minimum Gasteiger partial charge on any atom is -0.324 e. The van der Waals surface area contributed by atoms with Crippen LogP contribution in [0.25, 0.3) is 5.69 Å². The summed E-state index contributed by atoms with van der Waals surface area (Å²) in [6.07, 6.45) is 0. The summed E-state index contributed by atoms with van der Waals surface area (Å²) >= 11 is 0. The van der Waals surface area contributed by atoms with Gasteiger partial charge in [0, 0.05) is 18.2 Å². The number of anilines is 1. The number of aromatic nitrogens is 2. The summed E-state index contributed by atoms with van der Waals surface area (Å²) < 4.78 is 1.85. The number of hydrogen-bond acceptors (Lipinski definition) is 3. The first-order chi connectivity index (χ1) is 10.0. The highest BCUT2D eigenvalue weighted by molar-refractivity contribution is 5.94. The number of hydrogen-bond donors (Lipinski definition) is 2. The van der Waals surface area contributed by atoms with E-state index < -0.39 is 0 Å². The molecule has 0 saturated carbocycles. The first-order valence-electron chi connectivity index (χ1n) is 7.11. The van der Waals surface area contributed by atoms with Crippen LogP contribution in [0.5, 0.6) is 0 Å². The van der Waals surface area contributed by atoms with E-state index in [-0.39, 0.29) is 24.2 Å². The number of benzene rings is 1. The molecule has 0 fully saturated rings. The number of nitrogens with one attached hydrogen (secondary N) is 2. The molecule has 0 aliphatic heterocycles. The van der Waals surface area contributed by atoms with Crippen molar-refractivity contribution in [2.75, 3.05) is 18.9 Å². The fraction of sp³-hybridized carbons (Fsp3) is 0.375. The number of halogens is 1. The quantitative estimate of drug-likeness (QED) is 0.890. The molecule has 1 unspecified atom stereocenters. The Morgan fingerprint density at radius 3 is 2.59 bits per heavy atom. The lowest BCUT2D eigenvalue weighted by molar-refractivity contribution is -0.119. The first kappa shape index (κ1) is 18.2. The van der Waals surface area contributed by atoms with Crippen molar-refractivity contribution in [2.24, 2.45) is 5.92 Å². The molecular formula is C16H23ClN4O. The highest BCUT2D eigenvalue weighted by atomic mass is 35.5. The van der Waals surface area contributed by atoms with Gasteiger partial charge in [-0.3, -0.25) is 4.79 Å². The molecule has 0 aliphatic rings. The Bertz CT molecular complexity index is 639. The van der Waals surface area contributed by atoms with Crippen LogP contribution in [0, 0.1) is 19.8 Å². The molecule has 2 aromatic rings. The minimum absolute atomic E-state index is 0. The van der Waals surface area contributed by atoms with Crippen LogP contribution in [-0.4, -0.2) is 29.3 Å². The van der Waals surface area contributed by atoms with Crippen molar-refractivity contribution in [3.63, 3.8) is 0 Å². The van der Waals surface area contributed by atoms with Crippen LogP contribution < -0.4 is 10.6 Å². The van der Waals surface area contributed by atoms with Crippen molar-refractivity contribution >= 4 is 24.0 Å². The van der Waals surface area contributed by atoms with Crippen molar-refractivity contribution in [1.29, 1.82) is 0 Å². The predicted octanol–water partition coefficient (Wildman–Crippen LogP) is 2.70. The van der Waals surface area contributed by atoms with Crippen LogP contribution in [0.4, 0.5) is 5.69 Å². The smallest absolute Gasteiger partial charge is 0.228 e. The lowest BCUT2D eigenvalue weighted by Crippen LogP contribution is -2.29. The third-order valence-corrected chi connectivity index (χ3v) is 3.36. The molecule has 1 heterocycles. The van der Waals surface area contributed by atoms with Crippen LogP contribution in [0.1, 0.15) is 18.3 Å². The highest BCUT2D eigenvalue weighted by Gasteiger charge is 2.15. The van der Waals surface area contributed by atoms with E-state index in [1.807, 2.05) is 62.8 Å². The second-order valence-corrected chi connectivity index (χ2v) is 5.30. The van der Waals surface area contributed by atoms with Gasteiger partial charge in [-0.2, -0.15) is 5.10 Å². The van der Waals surface area contributed by atoms with Gasteiger partial charge in [0.1, 0.15) is 0 Å². The summed E-state index contributed by atoms with van der Waals surface area (Å²) in [6, 6.07) is 9.72. The molecular weight excluding hydrogens is 300 g/mol. The van der Waals surface area contributed by atoms with Gasteiger partial charge in [0.15, 0.2) is 0 Å². The van der Waals surface area contributed by atoms with Gasteiger partial charge >= 0.3 is 0 Å². The molecule has 6 heteroatoms. The summed E-state index contributed by atoms with van der Waals surface area (Å²) in [4.78, 5) is 12.2. The number of amides is 1. The Morgan fingerprint density at radius 1 is 1.32 bits per heavy atom. The van der Waals surface area contributed by atoms with Gasteiger partial charge in [0.2, 0.25) is 5.91 Å². The molecule has 2 N–H and O–H groups in total. The van der Waals surface area contributed by atoms with Crippen LogP contribution in [0.3, 0.4) is 0 Å². The van der Waals surface area contributed by atoms with Gasteiger partial charge in [-0.1, -0.05) is 19.1 Å². The molecule has 5 nitrogen and oxygen atoms in total. The van der Waals surface area contributed by atoms with Crippen molar-refractivity contribution in [1.82, 2.24) is 15.1 Å². The molecule has 120 valence electrons. The van der Waals surface area contributed by atoms with Gasteiger partial charge in [-0.05, 0) is 39.1 Å². The van der Waals surface area contributed by atoms with Crippen molar-refractivity contribution in [3.8, 4) is 5.69 Å². The molecule has 0 spiro atoms.